The number of aromatic amines is 1. The molecule has 0 radical (unpaired) electrons. The van der Waals surface area contributed by atoms with E-state index in [4.69, 9.17) is 0 Å². The Morgan fingerprint density at radius 3 is 2.79 bits per heavy atom. The Labute approximate surface area is 141 Å². The van der Waals surface area contributed by atoms with Crippen LogP contribution in [0.4, 0.5) is 0 Å². The summed E-state index contributed by atoms with van der Waals surface area (Å²) in [6.07, 6.45) is 1.81. The zero-order valence-corrected chi connectivity index (χ0v) is 14.4. The largest absolute Gasteiger partial charge is 0.342 e. The number of benzene rings is 1. The lowest BCUT2D eigenvalue weighted by molar-refractivity contribution is -0.130. The number of carbonyl (C=O) groups is 2. The molecule has 0 saturated heterocycles. The molecule has 1 N–H and O–H groups in total. The standard InChI is InChI=1S/C19H23N3O2/c1-12(23)18-15(10-19(2,3)11-16(18)24)20-9-8-17-21-13-6-4-5-7-14(13)22-17/h4-7,18H,8-11H2,1-3H3,(H,21,22)/t18-/m0/s1. The molecule has 1 aromatic heterocycles. The number of nitrogens with one attached hydrogen (secondary N) is 1. The summed E-state index contributed by atoms with van der Waals surface area (Å²) in [4.78, 5) is 36.6. The Hall–Kier alpha value is -2.30. The first-order chi connectivity index (χ1) is 11.4. The monoisotopic (exact) mass is 325 g/mol. The van der Waals surface area contributed by atoms with Crippen molar-refractivity contribution in [1.29, 1.82) is 0 Å². The molecule has 0 aliphatic heterocycles. The minimum absolute atomic E-state index is 0.00115. The van der Waals surface area contributed by atoms with E-state index in [1.165, 1.54) is 6.92 Å². The number of hydrogen-bond acceptors (Lipinski definition) is 4. The van der Waals surface area contributed by atoms with Gasteiger partial charge in [-0.25, -0.2) is 4.98 Å². The van der Waals surface area contributed by atoms with Gasteiger partial charge >= 0.3 is 0 Å². The van der Waals surface area contributed by atoms with E-state index in [0.717, 1.165) is 22.6 Å². The molecule has 5 heteroatoms. The van der Waals surface area contributed by atoms with Gasteiger partial charge in [-0.3, -0.25) is 14.6 Å². The molecule has 0 spiro atoms. The number of Topliss-reactive ketones (excluding diaryl/α,β-unsaturated/α-hetero) is 2. The fraction of sp³-hybridized carbons (Fsp3) is 0.474. The summed E-state index contributed by atoms with van der Waals surface area (Å²) in [5.41, 5.74) is 2.56. The Kier molecular flexibility index (Phi) is 4.35. The molecule has 1 aromatic carbocycles. The maximum absolute atomic E-state index is 12.3. The van der Waals surface area contributed by atoms with Crippen LogP contribution in [-0.4, -0.2) is 33.8 Å². The summed E-state index contributed by atoms with van der Waals surface area (Å²) in [6.45, 7) is 6.12. The summed E-state index contributed by atoms with van der Waals surface area (Å²) in [5, 5.41) is 0. The molecular formula is C19H23N3O2. The van der Waals surface area contributed by atoms with Crippen molar-refractivity contribution in [3.8, 4) is 0 Å². The van der Waals surface area contributed by atoms with E-state index in [0.29, 0.717) is 25.8 Å². The number of aliphatic imine (C=N–C) groups is 1. The Morgan fingerprint density at radius 1 is 1.33 bits per heavy atom. The molecule has 2 aromatic rings. The molecule has 1 fully saturated rings. The number of ketones is 2. The van der Waals surface area contributed by atoms with Crippen LogP contribution in [0, 0.1) is 11.3 Å². The van der Waals surface area contributed by atoms with Gasteiger partial charge in [0.25, 0.3) is 0 Å². The lowest BCUT2D eigenvalue weighted by Gasteiger charge is -2.33. The van der Waals surface area contributed by atoms with Crippen molar-refractivity contribution in [2.75, 3.05) is 6.54 Å². The van der Waals surface area contributed by atoms with E-state index in [1.54, 1.807) is 0 Å². The van der Waals surface area contributed by atoms with Crippen LogP contribution in [0.5, 0.6) is 0 Å². The molecule has 1 aliphatic carbocycles. The van der Waals surface area contributed by atoms with Gasteiger partial charge in [0.1, 0.15) is 23.3 Å². The van der Waals surface area contributed by atoms with Gasteiger partial charge in [-0.1, -0.05) is 26.0 Å². The lowest BCUT2D eigenvalue weighted by Crippen LogP contribution is -2.41. The van der Waals surface area contributed by atoms with Crippen LogP contribution in [0.25, 0.3) is 11.0 Å². The summed E-state index contributed by atoms with van der Waals surface area (Å²) in [7, 11) is 0. The summed E-state index contributed by atoms with van der Waals surface area (Å²) in [5.74, 6) is 0.134. The van der Waals surface area contributed by atoms with Crippen LogP contribution in [0.3, 0.4) is 0 Å². The number of nitrogens with zero attached hydrogens (tertiary/aromatic N) is 2. The first kappa shape index (κ1) is 16.6. The SMILES string of the molecule is CC(=O)[C@@H]1C(=O)CC(C)(C)CC1=NCCc1nc2ccccc2[nH]1. The number of aromatic nitrogens is 2. The predicted molar refractivity (Wildman–Crippen MR) is 94.3 cm³/mol. The number of H-pyrrole nitrogens is 1. The zero-order valence-electron chi connectivity index (χ0n) is 14.4. The van der Waals surface area contributed by atoms with Crippen LogP contribution in [-0.2, 0) is 16.0 Å². The minimum atomic E-state index is -0.645. The highest BCUT2D eigenvalue weighted by Crippen LogP contribution is 2.35. The summed E-state index contributed by atoms with van der Waals surface area (Å²) < 4.78 is 0. The highest BCUT2D eigenvalue weighted by atomic mass is 16.1. The van der Waals surface area contributed by atoms with Gasteiger partial charge < -0.3 is 4.98 Å². The van der Waals surface area contributed by atoms with E-state index in [9.17, 15) is 9.59 Å². The highest BCUT2D eigenvalue weighted by molar-refractivity contribution is 6.22. The third-order valence-corrected chi connectivity index (χ3v) is 4.48. The van der Waals surface area contributed by atoms with Crippen molar-refractivity contribution >= 4 is 28.3 Å². The van der Waals surface area contributed by atoms with Crippen molar-refractivity contribution in [1.82, 2.24) is 9.97 Å². The molecule has 5 nitrogen and oxygen atoms in total. The second-order valence-corrected chi connectivity index (χ2v) is 7.35. The highest BCUT2D eigenvalue weighted by Gasteiger charge is 2.40. The third kappa shape index (κ3) is 3.45. The number of hydrogen-bond donors (Lipinski definition) is 1. The number of para-hydroxylation sites is 2. The van der Waals surface area contributed by atoms with E-state index in [2.05, 4.69) is 28.8 Å². The second kappa shape index (κ2) is 6.30. The number of fused-ring (bicyclic) bond motifs is 1. The fourth-order valence-electron chi connectivity index (χ4n) is 3.45. The molecule has 24 heavy (non-hydrogen) atoms. The Morgan fingerprint density at radius 2 is 2.08 bits per heavy atom. The van der Waals surface area contributed by atoms with Crippen molar-refractivity contribution in [2.45, 2.75) is 40.0 Å². The minimum Gasteiger partial charge on any atom is -0.342 e. The van der Waals surface area contributed by atoms with Crippen molar-refractivity contribution < 1.29 is 9.59 Å². The Balaban J connectivity index is 1.75. The maximum atomic E-state index is 12.3. The molecule has 1 atom stereocenters. The first-order valence-electron chi connectivity index (χ1n) is 8.36. The average Bonchev–Trinajstić information content (AvgIpc) is 2.87. The fourth-order valence-corrected chi connectivity index (χ4v) is 3.45. The van der Waals surface area contributed by atoms with E-state index in [-0.39, 0.29) is 17.0 Å². The molecule has 1 saturated carbocycles. The molecular weight excluding hydrogens is 302 g/mol. The molecule has 3 rings (SSSR count). The number of imidazole rings is 1. The van der Waals surface area contributed by atoms with Gasteiger partial charge in [-0.05, 0) is 30.9 Å². The summed E-state index contributed by atoms with van der Waals surface area (Å²) in [6, 6.07) is 7.89. The molecule has 0 unspecified atom stereocenters. The number of carbonyl (C=O) groups excluding carboxylic acids is 2. The average molecular weight is 325 g/mol. The van der Waals surface area contributed by atoms with Gasteiger partial charge in [0.15, 0.2) is 0 Å². The lowest BCUT2D eigenvalue weighted by atomic mass is 9.70. The van der Waals surface area contributed by atoms with Gasteiger partial charge in [0, 0.05) is 25.1 Å². The van der Waals surface area contributed by atoms with Crippen LogP contribution in [0.2, 0.25) is 0 Å². The van der Waals surface area contributed by atoms with Crippen LogP contribution in [0.1, 0.15) is 39.4 Å². The zero-order chi connectivity index (χ0) is 17.3. The third-order valence-electron chi connectivity index (χ3n) is 4.48. The van der Waals surface area contributed by atoms with Gasteiger partial charge in [0.2, 0.25) is 0 Å². The van der Waals surface area contributed by atoms with E-state index >= 15 is 0 Å². The van der Waals surface area contributed by atoms with Crippen molar-refractivity contribution in [3.63, 3.8) is 0 Å². The van der Waals surface area contributed by atoms with E-state index in [1.807, 2.05) is 24.3 Å². The molecule has 0 amide bonds. The quantitative estimate of drug-likeness (QED) is 0.878. The Bertz CT molecular complexity index is 784. The van der Waals surface area contributed by atoms with Crippen LogP contribution < -0.4 is 0 Å². The van der Waals surface area contributed by atoms with Gasteiger partial charge in [-0.2, -0.15) is 0 Å². The normalized spacial score (nSPS) is 22.2. The molecule has 0 bridgehead atoms. The van der Waals surface area contributed by atoms with Crippen LogP contribution in [0.15, 0.2) is 29.3 Å². The number of rotatable bonds is 4. The van der Waals surface area contributed by atoms with Gasteiger partial charge in [0.05, 0.1) is 11.0 Å². The van der Waals surface area contributed by atoms with Gasteiger partial charge in [-0.15, -0.1) is 0 Å². The first-order valence-corrected chi connectivity index (χ1v) is 8.36. The molecule has 126 valence electrons. The van der Waals surface area contributed by atoms with Crippen molar-refractivity contribution in [3.05, 3.63) is 30.1 Å². The van der Waals surface area contributed by atoms with Crippen LogP contribution >= 0.6 is 0 Å². The second-order valence-electron chi connectivity index (χ2n) is 7.35. The maximum Gasteiger partial charge on any atom is 0.149 e. The predicted octanol–water partition coefficient (Wildman–Crippen LogP) is 3.14. The van der Waals surface area contributed by atoms with Crippen molar-refractivity contribution in [2.24, 2.45) is 16.3 Å². The topological polar surface area (TPSA) is 75.2 Å². The summed E-state index contributed by atoms with van der Waals surface area (Å²) >= 11 is 0. The van der Waals surface area contributed by atoms with E-state index < -0.39 is 5.92 Å². The molecule has 1 heterocycles. The molecule has 1 aliphatic rings. The smallest absolute Gasteiger partial charge is 0.149 e.